The SMILES string of the molecule is COc1ccc(CNC(C(=O)O)c2ccccc2)c(F)c1. The molecule has 0 aromatic heterocycles. The van der Waals surface area contributed by atoms with Gasteiger partial charge in [-0.2, -0.15) is 0 Å². The third-order valence-electron chi connectivity index (χ3n) is 3.14. The van der Waals surface area contributed by atoms with Gasteiger partial charge in [-0.15, -0.1) is 0 Å². The van der Waals surface area contributed by atoms with Crippen molar-refractivity contribution in [2.24, 2.45) is 0 Å². The lowest BCUT2D eigenvalue weighted by molar-refractivity contribution is -0.139. The molecule has 1 unspecified atom stereocenters. The number of carbonyl (C=O) groups is 1. The summed E-state index contributed by atoms with van der Waals surface area (Å²) in [6, 6.07) is 12.4. The van der Waals surface area contributed by atoms with Gasteiger partial charge in [-0.3, -0.25) is 10.1 Å². The van der Waals surface area contributed by atoms with Crippen LogP contribution in [0.1, 0.15) is 17.2 Å². The lowest BCUT2D eigenvalue weighted by atomic mass is 10.1. The summed E-state index contributed by atoms with van der Waals surface area (Å²) in [5, 5.41) is 12.1. The van der Waals surface area contributed by atoms with Gasteiger partial charge in [0.25, 0.3) is 0 Å². The van der Waals surface area contributed by atoms with Crippen LogP contribution in [0, 0.1) is 5.82 Å². The number of hydrogen-bond donors (Lipinski definition) is 2. The van der Waals surface area contributed by atoms with Crippen molar-refractivity contribution in [2.45, 2.75) is 12.6 Å². The van der Waals surface area contributed by atoms with E-state index in [1.807, 2.05) is 6.07 Å². The minimum Gasteiger partial charge on any atom is -0.497 e. The Balaban J connectivity index is 2.11. The maximum Gasteiger partial charge on any atom is 0.325 e. The standard InChI is InChI=1S/C16H16FNO3/c1-21-13-8-7-12(14(17)9-13)10-18-15(16(19)20)11-5-3-2-4-6-11/h2-9,15,18H,10H2,1H3,(H,19,20). The second-order valence-corrected chi connectivity index (χ2v) is 4.52. The van der Waals surface area contributed by atoms with Gasteiger partial charge in [0.1, 0.15) is 17.6 Å². The van der Waals surface area contributed by atoms with Gasteiger partial charge in [0.2, 0.25) is 0 Å². The molecule has 0 radical (unpaired) electrons. The first-order valence-corrected chi connectivity index (χ1v) is 6.45. The summed E-state index contributed by atoms with van der Waals surface area (Å²) in [6.45, 7) is 0.113. The van der Waals surface area contributed by atoms with Crippen LogP contribution in [0.4, 0.5) is 4.39 Å². The Morgan fingerprint density at radius 3 is 2.57 bits per heavy atom. The molecule has 2 N–H and O–H groups in total. The number of carboxylic acid groups (broad SMARTS) is 1. The first-order valence-electron chi connectivity index (χ1n) is 6.45. The number of methoxy groups -OCH3 is 1. The number of nitrogens with one attached hydrogen (secondary N) is 1. The molecule has 0 amide bonds. The topological polar surface area (TPSA) is 58.6 Å². The molecule has 0 aliphatic carbocycles. The average molecular weight is 289 g/mol. The van der Waals surface area contributed by atoms with E-state index in [1.54, 1.807) is 36.4 Å². The van der Waals surface area contributed by atoms with Gasteiger partial charge in [0.05, 0.1) is 7.11 Å². The van der Waals surface area contributed by atoms with Crippen LogP contribution in [0.3, 0.4) is 0 Å². The molecule has 2 aromatic carbocycles. The molecule has 4 nitrogen and oxygen atoms in total. The Kier molecular flexibility index (Phi) is 4.90. The van der Waals surface area contributed by atoms with Crippen molar-refractivity contribution in [3.8, 4) is 5.75 Å². The number of carboxylic acids is 1. The van der Waals surface area contributed by atoms with Gasteiger partial charge in [-0.05, 0) is 11.6 Å². The van der Waals surface area contributed by atoms with Crippen molar-refractivity contribution in [3.63, 3.8) is 0 Å². The minimum atomic E-state index is -1.00. The average Bonchev–Trinajstić information content (AvgIpc) is 2.49. The molecule has 5 heteroatoms. The molecule has 0 aliphatic rings. The summed E-state index contributed by atoms with van der Waals surface area (Å²) in [4.78, 5) is 11.3. The highest BCUT2D eigenvalue weighted by molar-refractivity contribution is 5.75. The van der Waals surface area contributed by atoms with Gasteiger partial charge in [0, 0.05) is 18.2 Å². The number of halogens is 1. The first kappa shape index (κ1) is 15.0. The van der Waals surface area contributed by atoms with Gasteiger partial charge in [-0.1, -0.05) is 36.4 Å². The number of ether oxygens (including phenoxy) is 1. The quantitative estimate of drug-likeness (QED) is 0.858. The van der Waals surface area contributed by atoms with Crippen molar-refractivity contribution in [3.05, 3.63) is 65.5 Å². The van der Waals surface area contributed by atoms with Crippen molar-refractivity contribution in [1.82, 2.24) is 5.32 Å². The Labute approximate surface area is 122 Å². The van der Waals surface area contributed by atoms with E-state index in [1.165, 1.54) is 13.2 Å². The lowest BCUT2D eigenvalue weighted by Gasteiger charge is -2.15. The molecule has 0 saturated carbocycles. The Hall–Kier alpha value is -2.40. The summed E-state index contributed by atoms with van der Waals surface area (Å²) in [6.07, 6.45) is 0. The molecule has 21 heavy (non-hydrogen) atoms. The van der Waals surface area contributed by atoms with E-state index in [9.17, 15) is 14.3 Å². The van der Waals surface area contributed by atoms with E-state index in [4.69, 9.17) is 4.74 Å². The van der Waals surface area contributed by atoms with Crippen LogP contribution in [-0.2, 0) is 11.3 Å². The fraction of sp³-hybridized carbons (Fsp3) is 0.188. The van der Waals surface area contributed by atoms with Gasteiger partial charge < -0.3 is 9.84 Å². The van der Waals surface area contributed by atoms with Crippen LogP contribution in [0.5, 0.6) is 5.75 Å². The monoisotopic (exact) mass is 289 g/mol. The highest BCUT2D eigenvalue weighted by Gasteiger charge is 2.19. The predicted molar refractivity (Wildman–Crippen MR) is 76.6 cm³/mol. The third kappa shape index (κ3) is 3.79. The maximum atomic E-state index is 13.8. The molecule has 1 atom stereocenters. The summed E-state index contributed by atoms with van der Waals surface area (Å²) >= 11 is 0. The zero-order valence-corrected chi connectivity index (χ0v) is 11.5. The van der Waals surface area contributed by atoms with E-state index in [0.29, 0.717) is 16.9 Å². The summed E-state index contributed by atoms with van der Waals surface area (Å²) in [5.41, 5.74) is 1.01. The van der Waals surface area contributed by atoms with E-state index in [0.717, 1.165) is 0 Å². The minimum absolute atomic E-state index is 0.113. The van der Waals surface area contributed by atoms with E-state index in [-0.39, 0.29) is 6.54 Å². The molecule has 0 spiro atoms. The normalized spacial score (nSPS) is 11.9. The number of hydrogen-bond acceptors (Lipinski definition) is 3. The highest BCUT2D eigenvalue weighted by atomic mass is 19.1. The molecule has 110 valence electrons. The van der Waals surface area contributed by atoms with E-state index in [2.05, 4.69) is 5.32 Å². The Morgan fingerprint density at radius 1 is 1.29 bits per heavy atom. The van der Waals surface area contributed by atoms with Gasteiger partial charge >= 0.3 is 5.97 Å². The first-order chi connectivity index (χ1) is 10.1. The van der Waals surface area contributed by atoms with Crippen LogP contribution >= 0.6 is 0 Å². The van der Waals surface area contributed by atoms with E-state index < -0.39 is 17.8 Å². The maximum absolute atomic E-state index is 13.8. The number of aliphatic carboxylic acids is 1. The molecule has 0 bridgehead atoms. The molecule has 2 rings (SSSR count). The third-order valence-corrected chi connectivity index (χ3v) is 3.14. The zero-order valence-electron chi connectivity index (χ0n) is 11.5. The molecule has 0 saturated heterocycles. The fourth-order valence-corrected chi connectivity index (χ4v) is 2.00. The molecule has 0 fully saturated rings. The van der Waals surface area contributed by atoms with Crippen molar-refractivity contribution in [2.75, 3.05) is 7.11 Å². The number of benzene rings is 2. The summed E-state index contributed by atoms with van der Waals surface area (Å²) in [7, 11) is 1.46. The second-order valence-electron chi connectivity index (χ2n) is 4.52. The van der Waals surface area contributed by atoms with Crippen LogP contribution < -0.4 is 10.1 Å². The van der Waals surface area contributed by atoms with Crippen LogP contribution in [-0.4, -0.2) is 18.2 Å². The largest absolute Gasteiger partial charge is 0.497 e. The van der Waals surface area contributed by atoms with Crippen LogP contribution in [0.2, 0.25) is 0 Å². The molecular weight excluding hydrogens is 273 g/mol. The Morgan fingerprint density at radius 2 is 2.00 bits per heavy atom. The lowest BCUT2D eigenvalue weighted by Crippen LogP contribution is -2.28. The van der Waals surface area contributed by atoms with Crippen LogP contribution in [0.25, 0.3) is 0 Å². The van der Waals surface area contributed by atoms with Gasteiger partial charge in [0.15, 0.2) is 0 Å². The van der Waals surface area contributed by atoms with E-state index >= 15 is 0 Å². The van der Waals surface area contributed by atoms with Crippen LogP contribution in [0.15, 0.2) is 48.5 Å². The Bertz CT molecular complexity index is 616. The van der Waals surface area contributed by atoms with Crippen molar-refractivity contribution >= 4 is 5.97 Å². The van der Waals surface area contributed by atoms with Crippen molar-refractivity contribution < 1.29 is 19.0 Å². The number of rotatable bonds is 6. The molecule has 2 aromatic rings. The predicted octanol–water partition coefficient (Wildman–Crippen LogP) is 2.75. The smallest absolute Gasteiger partial charge is 0.325 e. The molecular formula is C16H16FNO3. The van der Waals surface area contributed by atoms with Gasteiger partial charge in [-0.25, -0.2) is 4.39 Å². The fourth-order valence-electron chi connectivity index (χ4n) is 2.00. The molecule has 0 heterocycles. The second kappa shape index (κ2) is 6.85. The summed E-state index contributed by atoms with van der Waals surface area (Å²) < 4.78 is 18.8. The van der Waals surface area contributed by atoms with Crippen molar-refractivity contribution in [1.29, 1.82) is 0 Å². The highest BCUT2D eigenvalue weighted by Crippen LogP contribution is 2.18. The zero-order chi connectivity index (χ0) is 15.2. The summed E-state index contributed by atoms with van der Waals surface area (Å²) in [5.74, 6) is -1.01. The molecule has 0 aliphatic heterocycles.